The molecule has 0 aliphatic carbocycles. The number of urea groups is 1. The first-order valence-corrected chi connectivity index (χ1v) is 7.89. The highest BCUT2D eigenvalue weighted by Gasteiger charge is 2.38. The molecule has 0 radical (unpaired) electrons. The molecule has 0 bridgehead atoms. The lowest BCUT2D eigenvalue weighted by molar-refractivity contribution is -0.130. The van der Waals surface area contributed by atoms with Gasteiger partial charge >= 0.3 is 6.03 Å². The number of imide groups is 1. The number of nitrogens with zero attached hydrogens (tertiary/aromatic N) is 2. The molecule has 1 aromatic rings. The van der Waals surface area contributed by atoms with Crippen molar-refractivity contribution in [1.29, 1.82) is 0 Å². The topological polar surface area (TPSA) is 91.4 Å². The zero-order valence-electron chi connectivity index (χ0n) is 13.2. The van der Waals surface area contributed by atoms with Gasteiger partial charge in [0.25, 0.3) is 5.91 Å². The summed E-state index contributed by atoms with van der Waals surface area (Å²) in [5.41, 5.74) is 1.17. The predicted octanol–water partition coefficient (Wildman–Crippen LogP) is 0.851. The van der Waals surface area contributed by atoms with E-state index in [9.17, 15) is 14.4 Å². The van der Waals surface area contributed by atoms with Crippen LogP contribution in [0, 0.1) is 0 Å². The first-order chi connectivity index (χ1) is 11.1. The maximum atomic E-state index is 12.0. The molecular formula is C16H22N4O3. The zero-order valence-corrected chi connectivity index (χ0v) is 13.2. The molecule has 7 nitrogen and oxygen atoms in total. The number of rotatable bonds is 8. The molecule has 2 heterocycles. The summed E-state index contributed by atoms with van der Waals surface area (Å²) in [6, 6.07) is 2.73. The summed E-state index contributed by atoms with van der Waals surface area (Å²) in [7, 11) is 0. The summed E-state index contributed by atoms with van der Waals surface area (Å²) >= 11 is 0. The highest BCUT2D eigenvalue weighted by molar-refractivity contribution is 6.05. The monoisotopic (exact) mass is 318 g/mol. The molecule has 1 fully saturated rings. The van der Waals surface area contributed by atoms with Crippen molar-refractivity contribution in [2.45, 2.75) is 38.6 Å². The fraction of sp³-hybridized carbons (Fsp3) is 0.500. The van der Waals surface area contributed by atoms with E-state index in [4.69, 9.17) is 0 Å². The molecule has 1 aromatic heterocycles. The Morgan fingerprint density at radius 3 is 2.78 bits per heavy atom. The van der Waals surface area contributed by atoms with Crippen molar-refractivity contribution < 1.29 is 14.4 Å². The van der Waals surface area contributed by atoms with Crippen LogP contribution in [-0.2, 0) is 16.0 Å². The smallest absolute Gasteiger partial charge is 0.324 e. The van der Waals surface area contributed by atoms with E-state index in [0.29, 0.717) is 19.5 Å². The van der Waals surface area contributed by atoms with Crippen LogP contribution in [0.4, 0.5) is 4.79 Å². The van der Waals surface area contributed by atoms with E-state index in [1.165, 1.54) is 10.5 Å². The first-order valence-electron chi connectivity index (χ1n) is 7.89. The quantitative estimate of drug-likeness (QED) is 0.549. The van der Waals surface area contributed by atoms with Crippen LogP contribution in [0.15, 0.2) is 24.5 Å². The van der Waals surface area contributed by atoms with Crippen LogP contribution in [0.2, 0.25) is 0 Å². The van der Waals surface area contributed by atoms with Crippen LogP contribution < -0.4 is 10.6 Å². The Morgan fingerprint density at radius 1 is 1.35 bits per heavy atom. The van der Waals surface area contributed by atoms with Crippen LogP contribution in [0.1, 0.15) is 31.7 Å². The highest BCUT2D eigenvalue weighted by atomic mass is 16.2. The van der Waals surface area contributed by atoms with Gasteiger partial charge in [-0.2, -0.15) is 0 Å². The average Bonchev–Trinajstić information content (AvgIpc) is 2.80. The molecule has 1 aliphatic heterocycles. The fourth-order valence-corrected chi connectivity index (χ4v) is 2.48. The second-order valence-electron chi connectivity index (χ2n) is 5.51. The van der Waals surface area contributed by atoms with E-state index in [1.807, 2.05) is 19.1 Å². The summed E-state index contributed by atoms with van der Waals surface area (Å²) in [6.45, 7) is 2.81. The molecule has 0 unspecified atom stereocenters. The normalized spacial score (nSPS) is 17.3. The number of carbonyl (C=O) groups excluding carboxylic acids is 3. The molecule has 1 saturated heterocycles. The SMILES string of the molecule is CCCN1C(=O)N[C@H](CC(=O)NCCCc2ccncc2)C1=O. The average molecular weight is 318 g/mol. The highest BCUT2D eigenvalue weighted by Crippen LogP contribution is 2.10. The molecule has 7 heteroatoms. The van der Waals surface area contributed by atoms with Gasteiger partial charge in [0, 0.05) is 25.5 Å². The van der Waals surface area contributed by atoms with E-state index in [2.05, 4.69) is 15.6 Å². The Bertz CT molecular complexity index is 562. The van der Waals surface area contributed by atoms with Gasteiger partial charge in [-0.1, -0.05) is 6.92 Å². The van der Waals surface area contributed by atoms with Gasteiger partial charge < -0.3 is 10.6 Å². The Balaban J connectivity index is 1.69. The van der Waals surface area contributed by atoms with Crippen molar-refractivity contribution in [3.8, 4) is 0 Å². The number of hydrogen-bond acceptors (Lipinski definition) is 4. The van der Waals surface area contributed by atoms with E-state index >= 15 is 0 Å². The zero-order chi connectivity index (χ0) is 16.7. The van der Waals surface area contributed by atoms with Gasteiger partial charge in [0.05, 0.1) is 6.42 Å². The Hall–Kier alpha value is -2.44. The molecular weight excluding hydrogens is 296 g/mol. The molecule has 1 aliphatic rings. The molecule has 23 heavy (non-hydrogen) atoms. The Labute approximate surface area is 135 Å². The maximum Gasteiger partial charge on any atom is 0.324 e. The molecule has 4 amide bonds. The van der Waals surface area contributed by atoms with Gasteiger partial charge in [0.1, 0.15) is 6.04 Å². The molecule has 2 rings (SSSR count). The third-order valence-electron chi connectivity index (χ3n) is 3.66. The Kier molecular flexibility index (Phi) is 6.08. The van der Waals surface area contributed by atoms with Crippen LogP contribution in [0.25, 0.3) is 0 Å². The number of aromatic nitrogens is 1. The van der Waals surface area contributed by atoms with Crippen molar-refractivity contribution in [1.82, 2.24) is 20.5 Å². The summed E-state index contributed by atoms with van der Waals surface area (Å²) in [5, 5.41) is 5.34. The van der Waals surface area contributed by atoms with Crippen molar-refractivity contribution >= 4 is 17.8 Å². The van der Waals surface area contributed by atoms with E-state index in [1.54, 1.807) is 12.4 Å². The van der Waals surface area contributed by atoms with E-state index in [0.717, 1.165) is 12.8 Å². The summed E-state index contributed by atoms with van der Waals surface area (Å²) < 4.78 is 0. The summed E-state index contributed by atoms with van der Waals surface area (Å²) in [6.07, 6.45) is 5.83. The lowest BCUT2D eigenvalue weighted by Gasteiger charge is -2.11. The van der Waals surface area contributed by atoms with Gasteiger partial charge in [-0.15, -0.1) is 0 Å². The molecule has 0 aromatic carbocycles. The lowest BCUT2D eigenvalue weighted by Crippen LogP contribution is -2.37. The fourth-order valence-electron chi connectivity index (χ4n) is 2.48. The largest absolute Gasteiger partial charge is 0.356 e. The number of carbonyl (C=O) groups is 3. The van der Waals surface area contributed by atoms with E-state index < -0.39 is 12.1 Å². The minimum Gasteiger partial charge on any atom is -0.356 e. The van der Waals surface area contributed by atoms with Crippen LogP contribution >= 0.6 is 0 Å². The molecule has 0 spiro atoms. The van der Waals surface area contributed by atoms with Gasteiger partial charge in [-0.25, -0.2) is 4.79 Å². The number of amides is 4. The standard InChI is InChI=1S/C16H22N4O3/c1-2-10-20-15(22)13(19-16(20)23)11-14(21)18-7-3-4-12-5-8-17-9-6-12/h5-6,8-9,13H,2-4,7,10-11H2,1H3,(H,18,21)(H,19,23)/t13-/m1/s1. The molecule has 0 saturated carbocycles. The minimum absolute atomic E-state index is 0.0138. The number of hydrogen-bond donors (Lipinski definition) is 2. The minimum atomic E-state index is -0.741. The van der Waals surface area contributed by atoms with E-state index in [-0.39, 0.29) is 18.2 Å². The van der Waals surface area contributed by atoms with Crippen molar-refractivity contribution in [3.05, 3.63) is 30.1 Å². The van der Waals surface area contributed by atoms with Crippen molar-refractivity contribution in [2.24, 2.45) is 0 Å². The second kappa shape index (κ2) is 8.26. The Morgan fingerprint density at radius 2 is 2.09 bits per heavy atom. The summed E-state index contributed by atoms with van der Waals surface area (Å²) in [5.74, 6) is -0.541. The number of aryl methyl sites for hydroxylation is 1. The summed E-state index contributed by atoms with van der Waals surface area (Å²) in [4.78, 5) is 40.7. The van der Waals surface area contributed by atoms with Crippen molar-refractivity contribution in [2.75, 3.05) is 13.1 Å². The van der Waals surface area contributed by atoms with Crippen LogP contribution in [0.5, 0.6) is 0 Å². The molecule has 124 valence electrons. The van der Waals surface area contributed by atoms with Crippen LogP contribution in [0.3, 0.4) is 0 Å². The van der Waals surface area contributed by atoms with Gasteiger partial charge in [-0.3, -0.25) is 19.5 Å². The first kappa shape index (κ1) is 16.9. The van der Waals surface area contributed by atoms with Gasteiger partial charge in [0.15, 0.2) is 0 Å². The van der Waals surface area contributed by atoms with Crippen LogP contribution in [-0.4, -0.2) is 46.9 Å². The van der Waals surface area contributed by atoms with Crippen molar-refractivity contribution in [3.63, 3.8) is 0 Å². The van der Waals surface area contributed by atoms with Gasteiger partial charge in [-0.05, 0) is 37.0 Å². The van der Waals surface area contributed by atoms with Gasteiger partial charge in [0.2, 0.25) is 5.91 Å². The maximum absolute atomic E-state index is 12.0. The predicted molar refractivity (Wildman–Crippen MR) is 84.5 cm³/mol. The molecule has 1 atom stereocenters. The third kappa shape index (κ3) is 4.77. The lowest BCUT2D eigenvalue weighted by atomic mass is 10.1. The molecule has 2 N–H and O–H groups in total. The number of nitrogens with one attached hydrogen (secondary N) is 2. The third-order valence-corrected chi connectivity index (χ3v) is 3.66. The number of pyridine rings is 1. The second-order valence-corrected chi connectivity index (χ2v) is 5.51.